The summed E-state index contributed by atoms with van der Waals surface area (Å²) in [4.78, 5) is 1.07. The second kappa shape index (κ2) is 6.49. The summed E-state index contributed by atoms with van der Waals surface area (Å²) < 4.78 is 24.0. The maximum Gasteiger partial charge on any atom is 0.208 e. The van der Waals surface area contributed by atoms with Gasteiger partial charge in [0.1, 0.15) is 0 Å². The predicted molar refractivity (Wildman–Crippen MR) is 68.5 cm³/mol. The maximum absolute atomic E-state index is 10.8. The van der Waals surface area contributed by atoms with E-state index in [1.54, 1.807) is 17.8 Å². The summed E-state index contributed by atoms with van der Waals surface area (Å²) in [5.41, 5.74) is 0. The Kier molecular flexibility index (Phi) is 5.61. The highest BCUT2D eigenvalue weighted by Gasteiger charge is 1.99. The van der Waals surface area contributed by atoms with Crippen LogP contribution in [-0.4, -0.2) is 27.0 Å². The number of benzene rings is 1. The second-order valence-electron chi connectivity index (χ2n) is 3.24. The van der Waals surface area contributed by atoms with E-state index < -0.39 is 10.0 Å². The molecule has 89 valence electrons. The van der Waals surface area contributed by atoms with Crippen LogP contribution in [0.3, 0.4) is 0 Å². The van der Waals surface area contributed by atoms with Crippen LogP contribution in [0.2, 0.25) is 5.02 Å². The quantitative estimate of drug-likeness (QED) is 0.641. The molecule has 0 unspecified atom stereocenters. The first-order chi connectivity index (χ1) is 7.47. The van der Waals surface area contributed by atoms with E-state index in [0.29, 0.717) is 11.6 Å². The van der Waals surface area contributed by atoms with Crippen molar-refractivity contribution in [1.82, 2.24) is 4.72 Å². The fraction of sp³-hybridized carbons (Fsp3) is 0.400. The standard InChI is InChI=1S/C10H13ClNO2S2/c1-16(13,14)12-6-3-7-15-10-5-2-4-9(11)8-10/h2,5,8,12H,3,6-7H2,1H3. The van der Waals surface area contributed by atoms with Gasteiger partial charge in [0.15, 0.2) is 0 Å². The molecule has 0 aliphatic rings. The van der Waals surface area contributed by atoms with Crippen molar-refractivity contribution in [2.24, 2.45) is 0 Å². The Bertz CT molecular complexity index is 434. The molecule has 0 atom stereocenters. The number of nitrogens with one attached hydrogen (secondary N) is 1. The summed E-state index contributed by atoms with van der Waals surface area (Å²) in [6.07, 6.45) is 1.95. The van der Waals surface area contributed by atoms with E-state index in [1.807, 2.05) is 12.1 Å². The van der Waals surface area contributed by atoms with Crippen LogP contribution in [0.4, 0.5) is 0 Å². The molecule has 0 bridgehead atoms. The number of sulfonamides is 1. The molecule has 1 aromatic carbocycles. The van der Waals surface area contributed by atoms with Gasteiger partial charge in [-0.2, -0.15) is 0 Å². The van der Waals surface area contributed by atoms with Gasteiger partial charge in [0.2, 0.25) is 10.0 Å². The highest BCUT2D eigenvalue weighted by molar-refractivity contribution is 7.99. The minimum absolute atomic E-state index is 0.471. The zero-order valence-corrected chi connectivity index (χ0v) is 11.3. The van der Waals surface area contributed by atoms with Crippen molar-refractivity contribution in [2.75, 3.05) is 18.6 Å². The molecule has 0 aliphatic carbocycles. The van der Waals surface area contributed by atoms with Gasteiger partial charge in [-0.3, -0.25) is 0 Å². The molecular weight excluding hydrogens is 266 g/mol. The Morgan fingerprint density at radius 3 is 2.94 bits per heavy atom. The van der Waals surface area contributed by atoms with Gasteiger partial charge in [-0.25, -0.2) is 13.1 Å². The molecule has 1 N–H and O–H groups in total. The molecule has 1 aromatic rings. The molecule has 16 heavy (non-hydrogen) atoms. The molecule has 0 saturated heterocycles. The lowest BCUT2D eigenvalue weighted by Crippen LogP contribution is -2.23. The molecule has 0 aliphatic heterocycles. The van der Waals surface area contributed by atoms with Gasteiger partial charge >= 0.3 is 0 Å². The summed E-state index contributed by atoms with van der Waals surface area (Å²) in [6.45, 7) is 0.471. The van der Waals surface area contributed by atoms with Crippen LogP contribution in [-0.2, 0) is 10.0 Å². The first-order valence-corrected chi connectivity index (χ1v) is 7.97. The molecule has 0 heterocycles. The van der Waals surface area contributed by atoms with Crippen molar-refractivity contribution < 1.29 is 8.42 Å². The molecule has 1 rings (SSSR count). The monoisotopic (exact) mass is 278 g/mol. The Labute approximate surface area is 106 Å². The van der Waals surface area contributed by atoms with Gasteiger partial charge in [-0.05, 0) is 24.3 Å². The summed E-state index contributed by atoms with van der Waals surface area (Å²) >= 11 is 7.43. The Balaban J connectivity index is 2.21. The minimum Gasteiger partial charge on any atom is -0.215 e. The maximum atomic E-state index is 10.8. The largest absolute Gasteiger partial charge is 0.215 e. The Morgan fingerprint density at radius 1 is 1.56 bits per heavy atom. The van der Waals surface area contributed by atoms with Crippen molar-refractivity contribution in [1.29, 1.82) is 0 Å². The molecule has 0 fully saturated rings. The molecule has 3 nitrogen and oxygen atoms in total. The van der Waals surface area contributed by atoms with Crippen LogP contribution in [0.25, 0.3) is 0 Å². The van der Waals surface area contributed by atoms with Crippen LogP contribution >= 0.6 is 23.4 Å². The number of hydrogen-bond donors (Lipinski definition) is 1. The van der Waals surface area contributed by atoms with Crippen molar-refractivity contribution in [3.8, 4) is 0 Å². The van der Waals surface area contributed by atoms with Crippen molar-refractivity contribution in [2.45, 2.75) is 11.3 Å². The van der Waals surface area contributed by atoms with Gasteiger partial charge in [0, 0.05) is 22.5 Å². The van der Waals surface area contributed by atoms with Crippen LogP contribution in [0.15, 0.2) is 23.1 Å². The number of halogens is 1. The van der Waals surface area contributed by atoms with Gasteiger partial charge in [-0.15, -0.1) is 11.8 Å². The third-order valence-electron chi connectivity index (χ3n) is 1.69. The third kappa shape index (κ3) is 6.37. The molecule has 0 spiro atoms. The molecule has 6 heteroatoms. The van der Waals surface area contributed by atoms with Crippen molar-refractivity contribution >= 4 is 33.4 Å². The van der Waals surface area contributed by atoms with Gasteiger partial charge in [0.25, 0.3) is 0 Å². The Hall–Kier alpha value is -0.230. The first kappa shape index (κ1) is 13.8. The van der Waals surface area contributed by atoms with Gasteiger partial charge in [-0.1, -0.05) is 17.7 Å². The molecule has 0 aromatic heterocycles. The summed E-state index contributed by atoms with van der Waals surface area (Å²) in [5, 5.41) is 0.597. The van der Waals surface area contributed by atoms with Gasteiger partial charge < -0.3 is 0 Å². The van der Waals surface area contributed by atoms with Gasteiger partial charge in [0.05, 0.1) is 6.26 Å². The SMILES string of the molecule is CS(=O)(=O)NCCCSc1cc[c]c(Cl)c1. The van der Waals surface area contributed by atoms with Crippen LogP contribution in [0, 0.1) is 6.07 Å². The third-order valence-corrected chi connectivity index (χ3v) is 3.72. The van der Waals surface area contributed by atoms with E-state index in [2.05, 4.69) is 10.8 Å². The fourth-order valence-electron chi connectivity index (χ4n) is 1.03. The highest BCUT2D eigenvalue weighted by atomic mass is 35.5. The molecule has 0 saturated carbocycles. The number of thioether (sulfide) groups is 1. The van der Waals surface area contributed by atoms with Crippen LogP contribution in [0.1, 0.15) is 6.42 Å². The topological polar surface area (TPSA) is 46.2 Å². The van der Waals surface area contributed by atoms with E-state index >= 15 is 0 Å². The number of rotatable bonds is 6. The lowest BCUT2D eigenvalue weighted by Gasteiger charge is -2.03. The van der Waals surface area contributed by atoms with Crippen LogP contribution < -0.4 is 4.72 Å². The average Bonchev–Trinajstić information content (AvgIpc) is 2.15. The predicted octanol–water partition coefficient (Wildman–Crippen LogP) is 2.17. The van der Waals surface area contributed by atoms with E-state index in [4.69, 9.17) is 11.6 Å². The zero-order chi connectivity index (χ0) is 12.0. The summed E-state index contributed by atoms with van der Waals surface area (Å²) in [5.74, 6) is 0.850. The Morgan fingerprint density at radius 2 is 2.31 bits per heavy atom. The molecule has 0 amide bonds. The lowest BCUT2D eigenvalue weighted by atomic mass is 10.4. The normalized spacial score (nSPS) is 11.6. The average molecular weight is 279 g/mol. The highest BCUT2D eigenvalue weighted by Crippen LogP contribution is 2.21. The number of hydrogen-bond acceptors (Lipinski definition) is 3. The van der Waals surface area contributed by atoms with E-state index in [9.17, 15) is 8.42 Å². The summed E-state index contributed by atoms with van der Waals surface area (Å²) in [6, 6.07) is 8.41. The second-order valence-corrected chi connectivity index (χ2v) is 6.65. The lowest BCUT2D eigenvalue weighted by molar-refractivity contribution is 0.587. The fourth-order valence-corrected chi connectivity index (χ4v) is 2.68. The van der Waals surface area contributed by atoms with E-state index in [0.717, 1.165) is 23.3 Å². The van der Waals surface area contributed by atoms with E-state index in [-0.39, 0.29) is 0 Å². The molecule has 1 radical (unpaired) electrons. The van der Waals surface area contributed by atoms with Crippen LogP contribution in [0.5, 0.6) is 0 Å². The summed E-state index contributed by atoms with van der Waals surface area (Å²) in [7, 11) is -3.06. The minimum atomic E-state index is -3.06. The zero-order valence-electron chi connectivity index (χ0n) is 8.86. The smallest absolute Gasteiger partial charge is 0.208 e. The van der Waals surface area contributed by atoms with E-state index in [1.165, 1.54) is 0 Å². The van der Waals surface area contributed by atoms with Crippen molar-refractivity contribution in [3.63, 3.8) is 0 Å². The van der Waals surface area contributed by atoms with Crippen molar-refractivity contribution in [3.05, 3.63) is 29.3 Å². The molecular formula is C10H13ClNO2S2. The first-order valence-electron chi connectivity index (χ1n) is 4.72.